The third-order valence-electron chi connectivity index (χ3n) is 1.58. The summed E-state index contributed by atoms with van der Waals surface area (Å²) in [5.41, 5.74) is 0. The van der Waals surface area contributed by atoms with Crippen LogP contribution in [-0.4, -0.2) is 26.3 Å². The molecule has 0 spiro atoms. The van der Waals surface area contributed by atoms with Gasteiger partial charge in [-0.05, 0) is 19.4 Å². The molecule has 0 aliphatic carbocycles. The molecule has 1 fully saturated rings. The van der Waals surface area contributed by atoms with E-state index in [1.165, 1.54) is 19.4 Å². The molecule has 1 rings (SSSR count). The second-order valence-corrected chi connectivity index (χ2v) is 2.20. The first kappa shape index (κ1) is 14.4. The van der Waals surface area contributed by atoms with Gasteiger partial charge in [-0.3, -0.25) is 0 Å². The number of hydrogen-bond donors (Lipinski definition) is 1. The van der Waals surface area contributed by atoms with Crippen LogP contribution in [0.4, 0.5) is 0 Å². The molecule has 76 valence electrons. The van der Waals surface area contributed by atoms with Crippen LogP contribution in [0.5, 0.6) is 0 Å². The van der Waals surface area contributed by atoms with Crippen LogP contribution in [0.15, 0.2) is 0 Å². The molecule has 1 aliphatic rings. The Morgan fingerprint density at radius 2 is 1.75 bits per heavy atom. The van der Waals surface area contributed by atoms with E-state index in [4.69, 9.17) is 4.74 Å². The molecule has 1 atom stereocenters. The summed E-state index contributed by atoms with van der Waals surface area (Å²) >= 11 is 0. The molecule has 0 radical (unpaired) electrons. The number of methoxy groups -OCH3 is 1. The summed E-state index contributed by atoms with van der Waals surface area (Å²) in [7, 11) is 1.78. The fraction of sp³-hybridized carbons (Fsp3) is 1.00. The van der Waals surface area contributed by atoms with Gasteiger partial charge in [0.2, 0.25) is 0 Å². The first-order valence-electron chi connectivity index (χ1n) is 5.17. The van der Waals surface area contributed by atoms with Gasteiger partial charge in [0.1, 0.15) is 0 Å². The maximum Gasteiger partial charge on any atom is 0.0696 e. The Morgan fingerprint density at radius 3 is 2.00 bits per heavy atom. The predicted octanol–water partition coefficient (Wildman–Crippen LogP) is 2.44. The van der Waals surface area contributed by atoms with Crippen molar-refractivity contribution in [3.8, 4) is 0 Å². The van der Waals surface area contributed by atoms with Crippen molar-refractivity contribution in [2.24, 2.45) is 0 Å². The highest BCUT2D eigenvalue weighted by atomic mass is 16.5. The topological polar surface area (TPSA) is 21.3 Å². The quantitative estimate of drug-likeness (QED) is 0.661. The fourth-order valence-electron chi connectivity index (χ4n) is 1.02. The van der Waals surface area contributed by atoms with Crippen molar-refractivity contribution < 1.29 is 4.74 Å². The minimum atomic E-state index is 0.476. The van der Waals surface area contributed by atoms with E-state index in [-0.39, 0.29) is 0 Å². The first-order chi connectivity index (χ1) is 5.93. The molecule has 0 amide bonds. The Balaban J connectivity index is 0. The van der Waals surface area contributed by atoms with E-state index in [0.29, 0.717) is 6.10 Å². The monoisotopic (exact) mass is 175 g/mol. The van der Waals surface area contributed by atoms with Crippen LogP contribution in [0, 0.1) is 0 Å². The molecular formula is C10H25NO. The van der Waals surface area contributed by atoms with Crippen molar-refractivity contribution in [1.82, 2.24) is 5.32 Å². The van der Waals surface area contributed by atoms with E-state index in [1.807, 2.05) is 27.7 Å². The Morgan fingerprint density at radius 1 is 1.17 bits per heavy atom. The number of rotatable bonds is 1. The van der Waals surface area contributed by atoms with E-state index in [1.54, 1.807) is 7.11 Å². The smallest absolute Gasteiger partial charge is 0.0696 e. The predicted molar refractivity (Wildman–Crippen MR) is 55.6 cm³/mol. The molecule has 1 aliphatic heterocycles. The van der Waals surface area contributed by atoms with Crippen LogP contribution in [0.2, 0.25) is 0 Å². The van der Waals surface area contributed by atoms with Crippen LogP contribution in [0.25, 0.3) is 0 Å². The van der Waals surface area contributed by atoms with Gasteiger partial charge in [-0.15, -0.1) is 0 Å². The molecule has 0 aromatic carbocycles. The Hall–Kier alpha value is -0.0800. The van der Waals surface area contributed by atoms with Gasteiger partial charge in [0.15, 0.2) is 0 Å². The van der Waals surface area contributed by atoms with Crippen LogP contribution in [-0.2, 0) is 4.74 Å². The van der Waals surface area contributed by atoms with Gasteiger partial charge in [-0.25, -0.2) is 0 Å². The van der Waals surface area contributed by atoms with Gasteiger partial charge in [-0.2, -0.15) is 0 Å². The van der Waals surface area contributed by atoms with Crippen molar-refractivity contribution in [3.63, 3.8) is 0 Å². The van der Waals surface area contributed by atoms with E-state index in [0.717, 1.165) is 6.54 Å². The van der Waals surface area contributed by atoms with Crippen molar-refractivity contribution in [3.05, 3.63) is 0 Å². The van der Waals surface area contributed by atoms with Crippen LogP contribution < -0.4 is 5.32 Å². The number of hydrogen-bond acceptors (Lipinski definition) is 2. The first-order valence-corrected chi connectivity index (χ1v) is 5.17. The molecule has 0 saturated carbocycles. The lowest BCUT2D eigenvalue weighted by Gasteiger charge is -2.20. The lowest BCUT2D eigenvalue weighted by atomic mass is 10.1. The Kier molecular flexibility index (Phi) is 16.3. The van der Waals surface area contributed by atoms with Gasteiger partial charge < -0.3 is 10.1 Å². The summed E-state index contributed by atoms with van der Waals surface area (Å²) in [4.78, 5) is 0. The third kappa shape index (κ3) is 8.02. The van der Waals surface area contributed by atoms with Crippen molar-refractivity contribution in [2.45, 2.75) is 46.6 Å². The fourth-order valence-corrected chi connectivity index (χ4v) is 1.02. The number of nitrogens with one attached hydrogen (secondary N) is 1. The van der Waals surface area contributed by atoms with Gasteiger partial charge in [0, 0.05) is 13.7 Å². The zero-order valence-electron chi connectivity index (χ0n) is 9.31. The highest BCUT2D eigenvalue weighted by Crippen LogP contribution is 2.03. The summed E-state index contributed by atoms with van der Waals surface area (Å²) in [6, 6.07) is 0. The summed E-state index contributed by atoms with van der Waals surface area (Å²) in [6.07, 6.45) is 2.96. The highest BCUT2D eigenvalue weighted by molar-refractivity contribution is 4.67. The molecule has 1 saturated heterocycles. The highest BCUT2D eigenvalue weighted by Gasteiger charge is 2.09. The Labute approximate surface area is 77.7 Å². The summed E-state index contributed by atoms with van der Waals surface area (Å²) < 4.78 is 5.13. The minimum absolute atomic E-state index is 0.476. The molecule has 1 heterocycles. The molecule has 0 bridgehead atoms. The zero-order chi connectivity index (χ0) is 9.82. The third-order valence-corrected chi connectivity index (χ3v) is 1.58. The van der Waals surface area contributed by atoms with Gasteiger partial charge in [0.05, 0.1) is 6.10 Å². The minimum Gasteiger partial charge on any atom is -0.380 e. The van der Waals surface area contributed by atoms with Crippen molar-refractivity contribution in [1.29, 1.82) is 0 Å². The average molecular weight is 175 g/mol. The summed E-state index contributed by atoms with van der Waals surface area (Å²) in [5.74, 6) is 0. The van der Waals surface area contributed by atoms with E-state index in [2.05, 4.69) is 5.32 Å². The van der Waals surface area contributed by atoms with E-state index in [9.17, 15) is 0 Å². The van der Waals surface area contributed by atoms with Crippen molar-refractivity contribution in [2.75, 3.05) is 20.2 Å². The molecule has 0 aromatic heterocycles. The van der Waals surface area contributed by atoms with Crippen LogP contribution >= 0.6 is 0 Å². The van der Waals surface area contributed by atoms with E-state index >= 15 is 0 Å². The standard InChI is InChI=1S/C6H13NO.2C2H6/c1-8-6-3-2-4-7-5-6;2*1-2/h6-7H,2-5H2,1H3;2*1-2H3. The number of ether oxygens (including phenoxy) is 1. The van der Waals surface area contributed by atoms with Crippen LogP contribution in [0.1, 0.15) is 40.5 Å². The molecule has 12 heavy (non-hydrogen) atoms. The largest absolute Gasteiger partial charge is 0.380 e. The lowest BCUT2D eigenvalue weighted by Crippen LogP contribution is -2.34. The molecule has 2 heteroatoms. The number of piperidine rings is 1. The zero-order valence-corrected chi connectivity index (χ0v) is 9.31. The summed E-state index contributed by atoms with van der Waals surface area (Å²) in [5, 5.41) is 3.26. The van der Waals surface area contributed by atoms with Gasteiger partial charge >= 0.3 is 0 Å². The molecule has 1 unspecified atom stereocenters. The van der Waals surface area contributed by atoms with Gasteiger partial charge in [0.25, 0.3) is 0 Å². The summed E-state index contributed by atoms with van der Waals surface area (Å²) in [6.45, 7) is 10.2. The molecular weight excluding hydrogens is 150 g/mol. The lowest BCUT2D eigenvalue weighted by molar-refractivity contribution is 0.0810. The van der Waals surface area contributed by atoms with Gasteiger partial charge in [-0.1, -0.05) is 27.7 Å². The molecule has 2 nitrogen and oxygen atoms in total. The molecule has 0 aromatic rings. The van der Waals surface area contributed by atoms with Crippen molar-refractivity contribution >= 4 is 0 Å². The second-order valence-electron chi connectivity index (χ2n) is 2.20. The average Bonchev–Trinajstić information content (AvgIpc) is 2.25. The maximum atomic E-state index is 5.13. The molecule has 1 N–H and O–H groups in total. The second kappa shape index (κ2) is 13.5. The Bertz CT molecular complexity index is 60.9. The van der Waals surface area contributed by atoms with Crippen LogP contribution in [0.3, 0.4) is 0 Å². The SMILES string of the molecule is CC.CC.COC1CCCNC1. The maximum absolute atomic E-state index is 5.13. The normalized spacial score (nSPS) is 21.2. The van der Waals surface area contributed by atoms with E-state index < -0.39 is 0 Å².